The number of phosphoric acid groups is 1. The molecule has 37 heavy (non-hydrogen) atoms. The molecule has 1 atom stereocenters. The van der Waals surface area contributed by atoms with E-state index in [1.54, 1.807) is 0 Å². The molecule has 0 aliphatic rings. The highest BCUT2D eigenvalue weighted by molar-refractivity contribution is 7.46. The molecular formula is C29H50NO6P. The first-order valence-corrected chi connectivity index (χ1v) is 15.7. The Hall–Kier alpha value is -1.66. The molecule has 0 fully saturated rings. The van der Waals surface area contributed by atoms with Crippen LogP contribution >= 0.6 is 7.82 Å². The van der Waals surface area contributed by atoms with Crippen molar-refractivity contribution in [1.82, 2.24) is 5.32 Å². The summed E-state index contributed by atoms with van der Waals surface area (Å²) < 4.78 is 21.3. The second-order valence-electron chi connectivity index (χ2n) is 9.67. The lowest BCUT2D eigenvalue weighted by Crippen LogP contribution is -2.39. The van der Waals surface area contributed by atoms with Crippen molar-refractivity contribution < 1.29 is 28.4 Å². The highest BCUT2D eigenvalue weighted by atomic mass is 31.2. The SMILES string of the molecule is CCCCCCCC/C=C\CCCCCCCC(=O)N[C@H](COP(=O)(O)O)Cc1ccc(OCC)cc1. The minimum absolute atomic E-state index is 0.122. The lowest BCUT2D eigenvalue weighted by atomic mass is 10.1. The molecule has 0 spiro atoms. The third kappa shape index (κ3) is 20.0. The van der Waals surface area contributed by atoms with Crippen molar-refractivity contribution >= 4 is 13.7 Å². The molecule has 0 heterocycles. The van der Waals surface area contributed by atoms with Gasteiger partial charge in [0, 0.05) is 6.42 Å². The summed E-state index contributed by atoms with van der Waals surface area (Å²) in [5, 5.41) is 2.88. The summed E-state index contributed by atoms with van der Waals surface area (Å²) in [6.45, 7) is 4.48. The summed E-state index contributed by atoms with van der Waals surface area (Å²) in [4.78, 5) is 30.6. The van der Waals surface area contributed by atoms with Crippen molar-refractivity contribution in [2.45, 2.75) is 116 Å². The third-order valence-corrected chi connectivity index (χ3v) is 6.68. The molecule has 3 N–H and O–H groups in total. The minimum Gasteiger partial charge on any atom is -0.494 e. The van der Waals surface area contributed by atoms with Gasteiger partial charge in [0.2, 0.25) is 5.91 Å². The van der Waals surface area contributed by atoms with Gasteiger partial charge in [0.05, 0.1) is 19.3 Å². The molecule has 0 unspecified atom stereocenters. The average Bonchev–Trinajstić information content (AvgIpc) is 2.86. The number of carbonyl (C=O) groups is 1. The fourth-order valence-corrected chi connectivity index (χ4v) is 4.54. The number of phosphoric ester groups is 1. The first-order valence-electron chi connectivity index (χ1n) is 14.2. The van der Waals surface area contributed by atoms with Crippen LogP contribution in [0.3, 0.4) is 0 Å². The van der Waals surface area contributed by atoms with Gasteiger partial charge in [0.1, 0.15) is 5.75 Å². The van der Waals surface area contributed by atoms with Gasteiger partial charge in [-0.25, -0.2) is 4.57 Å². The van der Waals surface area contributed by atoms with Crippen LogP contribution in [0.2, 0.25) is 0 Å². The zero-order valence-electron chi connectivity index (χ0n) is 23.0. The van der Waals surface area contributed by atoms with Gasteiger partial charge in [-0.1, -0.05) is 82.6 Å². The van der Waals surface area contributed by atoms with Gasteiger partial charge in [0.15, 0.2) is 0 Å². The van der Waals surface area contributed by atoms with Crippen LogP contribution in [0.25, 0.3) is 0 Å². The number of hydrogen-bond acceptors (Lipinski definition) is 4. The Morgan fingerprint density at radius 1 is 0.892 bits per heavy atom. The minimum atomic E-state index is -4.61. The molecule has 0 saturated heterocycles. The number of carbonyl (C=O) groups excluding carboxylic acids is 1. The van der Waals surface area contributed by atoms with E-state index in [-0.39, 0.29) is 12.5 Å². The van der Waals surface area contributed by atoms with Crippen LogP contribution in [0.4, 0.5) is 0 Å². The van der Waals surface area contributed by atoms with Crippen LogP contribution in [0.1, 0.15) is 109 Å². The summed E-state index contributed by atoms with van der Waals surface area (Å²) in [5.41, 5.74) is 0.920. The standard InChI is InChI=1S/C29H50NO6P/c1-3-5-6-7-8-9-10-11-12-13-14-15-16-17-18-19-29(31)30-27(25-36-37(32,33)34)24-26-20-22-28(23-21-26)35-4-2/h11-12,20-23,27H,3-10,13-19,24-25H2,1-2H3,(H,30,31)(H2,32,33,34)/b12-11-/t27-/m0/s1. The largest absolute Gasteiger partial charge is 0.494 e. The number of rotatable bonds is 23. The topological polar surface area (TPSA) is 105 Å². The van der Waals surface area contributed by atoms with E-state index >= 15 is 0 Å². The first-order chi connectivity index (χ1) is 17.8. The van der Waals surface area contributed by atoms with Crippen molar-refractivity contribution in [3.05, 3.63) is 42.0 Å². The maximum absolute atomic E-state index is 12.5. The molecule has 0 bridgehead atoms. The van der Waals surface area contributed by atoms with Gasteiger partial charge in [0.25, 0.3) is 0 Å². The van der Waals surface area contributed by atoms with Crippen LogP contribution in [-0.2, 0) is 20.3 Å². The highest BCUT2D eigenvalue weighted by Gasteiger charge is 2.20. The summed E-state index contributed by atoms with van der Waals surface area (Å²) in [6, 6.07) is 6.91. The highest BCUT2D eigenvalue weighted by Crippen LogP contribution is 2.35. The third-order valence-electron chi connectivity index (χ3n) is 6.19. The predicted molar refractivity (Wildman–Crippen MR) is 151 cm³/mol. The number of hydrogen-bond donors (Lipinski definition) is 3. The van der Waals surface area contributed by atoms with E-state index in [1.807, 2.05) is 31.2 Å². The summed E-state index contributed by atoms with van der Waals surface area (Å²) in [6.07, 6.45) is 21.1. The molecule has 8 heteroatoms. The zero-order chi connectivity index (χ0) is 27.2. The number of allylic oxidation sites excluding steroid dienone is 2. The molecule has 1 rings (SSSR count). The fraction of sp³-hybridized carbons (Fsp3) is 0.690. The number of benzene rings is 1. The fourth-order valence-electron chi connectivity index (χ4n) is 4.17. The molecule has 1 aromatic rings. The van der Waals surface area contributed by atoms with Gasteiger partial charge < -0.3 is 19.8 Å². The Morgan fingerprint density at radius 2 is 1.46 bits per heavy atom. The second-order valence-corrected chi connectivity index (χ2v) is 10.9. The van der Waals surface area contributed by atoms with Gasteiger partial charge in [-0.05, 0) is 63.1 Å². The van der Waals surface area contributed by atoms with Gasteiger partial charge >= 0.3 is 7.82 Å². The van der Waals surface area contributed by atoms with Crippen LogP contribution in [-0.4, -0.2) is 34.9 Å². The quantitative estimate of drug-likeness (QED) is 0.0768. The first kappa shape index (κ1) is 33.4. The van der Waals surface area contributed by atoms with Gasteiger partial charge in [-0.2, -0.15) is 0 Å². The Morgan fingerprint density at radius 3 is 2.03 bits per heavy atom. The zero-order valence-corrected chi connectivity index (χ0v) is 23.9. The molecule has 0 aliphatic heterocycles. The van der Waals surface area contributed by atoms with Crippen LogP contribution < -0.4 is 10.1 Å². The van der Waals surface area contributed by atoms with E-state index in [1.165, 1.54) is 57.8 Å². The summed E-state index contributed by atoms with van der Waals surface area (Å²) >= 11 is 0. The molecule has 0 radical (unpaired) electrons. The number of unbranched alkanes of at least 4 members (excludes halogenated alkanes) is 11. The normalized spacial score (nSPS) is 12.6. The lowest BCUT2D eigenvalue weighted by Gasteiger charge is -2.19. The van der Waals surface area contributed by atoms with E-state index in [4.69, 9.17) is 14.5 Å². The second kappa shape index (κ2) is 21.3. The molecule has 212 valence electrons. The van der Waals surface area contributed by atoms with Gasteiger partial charge in [-0.15, -0.1) is 0 Å². The molecule has 7 nitrogen and oxygen atoms in total. The molecule has 0 saturated carbocycles. The van der Waals surface area contributed by atoms with Crippen molar-refractivity contribution in [3.8, 4) is 5.75 Å². The van der Waals surface area contributed by atoms with Crippen LogP contribution in [0, 0.1) is 0 Å². The van der Waals surface area contributed by atoms with Crippen LogP contribution in [0.15, 0.2) is 36.4 Å². The van der Waals surface area contributed by atoms with Crippen molar-refractivity contribution in [3.63, 3.8) is 0 Å². The van der Waals surface area contributed by atoms with Crippen molar-refractivity contribution in [2.75, 3.05) is 13.2 Å². The molecule has 1 aromatic carbocycles. The van der Waals surface area contributed by atoms with E-state index in [0.717, 1.165) is 37.0 Å². The Kier molecular flexibility index (Phi) is 19.2. The van der Waals surface area contributed by atoms with Crippen molar-refractivity contribution in [1.29, 1.82) is 0 Å². The number of ether oxygens (including phenoxy) is 1. The van der Waals surface area contributed by atoms with E-state index in [2.05, 4.69) is 28.9 Å². The Bertz CT molecular complexity index is 777. The Labute approximate surface area is 224 Å². The van der Waals surface area contributed by atoms with Crippen molar-refractivity contribution in [2.24, 2.45) is 0 Å². The Balaban J connectivity index is 2.22. The molecule has 0 aliphatic carbocycles. The molecular weight excluding hydrogens is 489 g/mol. The van der Waals surface area contributed by atoms with E-state index in [9.17, 15) is 9.36 Å². The lowest BCUT2D eigenvalue weighted by molar-refractivity contribution is -0.122. The molecule has 1 amide bonds. The number of nitrogens with one attached hydrogen (secondary N) is 1. The maximum atomic E-state index is 12.5. The van der Waals surface area contributed by atoms with Crippen LogP contribution in [0.5, 0.6) is 5.75 Å². The van der Waals surface area contributed by atoms with E-state index in [0.29, 0.717) is 19.4 Å². The monoisotopic (exact) mass is 539 g/mol. The maximum Gasteiger partial charge on any atom is 0.469 e. The average molecular weight is 540 g/mol. The van der Waals surface area contributed by atoms with Gasteiger partial charge in [-0.3, -0.25) is 9.32 Å². The summed E-state index contributed by atoms with van der Waals surface area (Å²) in [7, 11) is -4.61. The summed E-state index contributed by atoms with van der Waals surface area (Å²) in [5.74, 6) is 0.630. The number of amides is 1. The predicted octanol–water partition coefficient (Wildman–Crippen LogP) is 7.26. The van der Waals surface area contributed by atoms with E-state index < -0.39 is 13.9 Å². The molecule has 0 aromatic heterocycles. The smallest absolute Gasteiger partial charge is 0.469 e.